The van der Waals surface area contributed by atoms with Crippen molar-refractivity contribution >= 4 is 11.9 Å². The Kier molecular flexibility index (Phi) is 4.08. The molecule has 0 spiro atoms. The molecule has 0 fully saturated rings. The zero-order valence-electron chi connectivity index (χ0n) is 12.3. The van der Waals surface area contributed by atoms with E-state index >= 15 is 0 Å². The van der Waals surface area contributed by atoms with Crippen LogP contribution in [-0.2, 0) is 0 Å². The van der Waals surface area contributed by atoms with E-state index in [-0.39, 0.29) is 11.5 Å². The number of aryl methyl sites for hydroxylation is 1. The molecule has 0 heterocycles. The standard InChI is InChI=1S/C17H17NO3/c1-11-6-4-9-14(15(11)17(20)21)12-7-5-8-13(10-12)16(19)18(2)3/h4-10H,1-3H3,(H,20,21). The van der Waals surface area contributed by atoms with Gasteiger partial charge in [0.05, 0.1) is 5.56 Å². The molecule has 0 saturated heterocycles. The maximum Gasteiger partial charge on any atom is 0.336 e. The fourth-order valence-electron chi connectivity index (χ4n) is 2.27. The van der Waals surface area contributed by atoms with Crippen LogP contribution in [0.2, 0.25) is 0 Å². The smallest absolute Gasteiger partial charge is 0.336 e. The van der Waals surface area contributed by atoms with Crippen molar-refractivity contribution in [2.24, 2.45) is 0 Å². The second kappa shape index (κ2) is 5.79. The third kappa shape index (κ3) is 2.94. The van der Waals surface area contributed by atoms with Crippen LogP contribution in [0.1, 0.15) is 26.3 Å². The van der Waals surface area contributed by atoms with Crippen LogP contribution >= 0.6 is 0 Å². The number of aromatic carboxylic acids is 1. The lowest BCUT2D eigenvalue weighted by atomic mass is 9.95. The normalized spacial score (nSPS) is 10.2. The molecule has 0 aliphatic carbocycles. The fraction of sp³-hybridized carbons (Fsp3) is 0.176. The number of nitrogens with zero attached hydrogens (tertiary/aromatic N) is 1. The summed E-state index contributed by atoms with van der Waals surface area (Å²) in [6, 6.07) is 12.4. The number of hydrogen-bond donors (Lipinski definition) is 1. The van der Waals surface area contributed by atoms with Crippen molar-refractivity contribution in [3.05, 3.63) is 59.2 Å². The number of rotatable bonds is 3. The minimum Gasteiger partial charge on any atom is -0.478 e. The number of carbonyl (C=O) groups excluding carboxylic acids is 1. The number of hydrogen-bond acceptors (Lipinski definition) is 2. The maximum atomic E-state index is 12.0. The Balaban J connectivity index is 2.58. The number of amides is 1. The summed E-state index contributed by atoms with van der Waals surface area (Å²) in [5.74, 6) is -1.08. The van der Waals surface area contributed by atoms with E-state index in [1.54, 1.807) is 51.4 Å². The van der Waals surface area contributed by atoms with E-state index in [0.717, 1.165) is 5.56 Å². The highest BCUT2D eigenvalue weighted by atomic mass is 16.4. The molecular weight excluding hydrogens is 266 g/mol. The molecule has 21 heavy (non-hydrogen) atoms. The first-order valence-corrected chi connectivity index (χ1v) is 6.57. The number of carboxylic acid groups (broad SMARTS) is 1. The van der Waals surface area contributed by atoms with E-state index in [9.17, 15) is 14.7 Å². The molecule has 0 atom stereocenters. The topological polar surface area (TPSA) is 57.6 Å². The Morgan fingerprint density at radius 3 is 2.33 bits per heavy atom. The van der Waals surface area contributed by atoms with Crippen LogP contribution in [0, 0.1) is 6.92 Å². The Morgan fingerprint density at radius 1 is 1.05 bits per heavy atom. The maximum absolute atomic E-state index is 12.0. The molecule has 0 aliphatic rings. The highest BCUT2D eigenvalue weighted by Gasteiger charge is 2.15. The average Bonchev–Trinajstić information content (AvgIpc) is 2.45. The van der Waals surface area contributed by atoms with Crippen molar-refractivity contribution in [3.63, 3.8) is 0 Å². The van der Waals surface area contributed by atoms with E-state index in [1.807, 2.05) is 12.1 Å². The Morgan fingerprint density at radius 2 is 1.71 bits per heavy atom. The van der Waals surface area contributed by atoms with Gasteiger partial charge in [-0.1, -0.05) is 30.3 Å². The lowest BCUT2D eigenvalue weighted by Crippen LogP contribution is -2.21. The first-order valence-electron chi connectivity index (χ1n) is 6.57. The molecule has 4 heteroatoms. The van der Waals surface area contributed by atoms with E-state index in [2.05, 4.69) is 0 Å². The summed E-state index contributed by atoms with van der Waals surface area (Å²) in [7, 11) is 3.37. The quantitative estimate of drug-likeness (QED) is 0.941. The molecule has 2 rings (SSSR count). The molecule has 1 N–H and O–H groups in total. The van der Waals surface area contributed by atoms with Gasteiger partial charge in [0.25, 0.3) is 5.91 Å². The van der Waals surface area contributed by atoms with Crippen LogP contribution in [0.4, 0.5) is 0 Å². The van der Waals surface area contributed by atoms with Crippen molar-refractivity contribution in [1.29, 1.82) is 0 Å². The Hall–Kier alpha value is -2.62. The van der Waals surface area contributed by atoms with Crippen molar-refractivity contribution in [2.45, 2.75) is 6.92 Å². The van der Waals surface area contributed by atoms with Crippen molar-refractivity contribution in [3.8, 4) is 11.1 Å². The van der Waals surface area contributed by atoms with Crippen molar-refractivity contribution in [1.82, 2.24) is 4.90 Å². The van der Waals surface area contributed by atoms with Gasteiger partial charge < -0.3 is 10.0 Å². The van der Waals surface area contributed by atoms with Crippen LogP contribution in [0.25, 0.3) is 11.1 Å². The van der Waals surface area contributed by atoms with Crippen molar-refractivity contribution in [2.75, 3.05) is 14.1 Å². The van der Waals surface area contributed by atoms with Gasteiger partial charge in [-0.05, 0) is 35.7 Å². The molecule has 0 unspecified atom stereocenters. The predicted molar refractivity (Wildman–Crippen MR) is 81.6 cm³/mol. The highest BCUT2D eigenvalue weighted by Crippen LogP contribution is 2.27. The van der Waals surface area contributed by atoms with Gasteiger partial charge in [-0.25, -0.2) is 4.79 Å². The van der Waals surface area contributed by atoms with Crippen LogP contribution in [0.5, 0.6) is 0 Å². The summed E-state index contributed by atoms with van der Waals surface area (Å²) in [6.07, 6.45) is 0. The average molecular weight is 283 g/mol. The SMILES string of the molecule is Cc1cccc(-c2cccc(C(=O)N(C)C)c2)c1C(=O)O. The molecule has 1 amide bonds. The van der Waals surface area contributed by atoms with E-state index in [1.165, 1.54) is 4.90 Å². The van der Waals surface area contributed by atoms with Gasteiger partial charge in [0.1, 0.15) is 0 Å². The molecule has 0 saturated carbocycles. The highest BCUT2D eigenvalue weighted by molar-refractivity contribution is 5.99. The van der Waals surface area contributed by atoms with Crippen LogP contribution in [0.3, 0.4) is 0 Å². The van der Waals surface area contributed by atoms with Gasteiger partial charge in [0.15, 0.2) is 0 Å². The van der Waals surface area contributed by atoms with Gasteiger partial charge in [0.2, 0.25) is 0 Å². The van der Waals surface area contributed by atoms with Gasteiger partial charge >= 0.3 is 5.97 Å². The number of benzene rings is 2. The van der Waals surface area contributed by atoms with Crippen molar-refractivity contribution < 1.29 is 14.7 Å². The summed E-state index contributed by atoms with van der Waals surface area (Å²) in [6.45, 7) is 1.77. The predicted octanol–water partition coefficient (Wildman–Crippen LogP) is 3.06. The molecule has 4 nitrogen and oxygen atoms in total. The lowest BCUT2D eigenvalue weighted by molar-refractivity contribution is 0.0696. The number of carbonyl (C=O) groups is 2. The number of carboxylic acids is 1. The second-order valence-electron chi connectivity index (χ2n) is 5.08. The van der Waals surface area contributed by atoms with Gasteiger partial charge in [0, 0.05) is 19.7 Å². The van der Waals surface area contributed by atoms with Gasteiger partial charge in [-0.2, -0.15) is 0 Å². The Labute approximate surface area is 123 Å². The Bertz CT molecular complexity index is 705. The fourth-order valence-corrected chi connectivity index (χ4v) is 2.27. The molecule has 0 radical (unpaired) electrons. The first kappa shape index (κ1) is 14.8. The van der Waals surface area contributed by atoms with Gasteiger partial charge in [-0.3, -0.25) is 4.79 Å². The molecule has 108 valence electrons. The third-order valence-corrected chi connectivity index (χ3v) is 3.31. The second-order valence-corrected chi connectivity index (χ2v) is 5.08. The zero-order chi connectivity index (χ0) is 15.6. The largest absolute Gasteiger partial charge is 0.478 e. The molecule has 0 aliphatic heterocycles. The van der Waals surface area contributed by atoms with Crippen LogP contribution in [-0.4, -0.2) is 36.0 Å². The van der Waals surface area contributed by atoms with Crippen LogP contribution in [0.15, 0.2) is 42.5 Å². The zero-order valence-corrected chi connectivity index (χ0v) is 12.3. The summed E-state index contributed by atoms with van der Waals surface area (Å²) in [5.41, 5.74) is 2.85. The minimum absolute atomic E-state index is 0.110. The monoisotopic (exact) mass is 283 g/mol. The summed E-state index contributed by atoms with van der Waals surface area (Å²) >= 11 is 0. The molecular formula is C17H17NO3. The third-order valence-electron chi connectivity index (χ3n) is 3.31. The molecule has 0 bridgehead atoms. The summed E-state index contributed by atoms with van der Waals surface area (Å²) in [5, 5.41) is 9.40. The molecule has 0 aromatic heterocycles. The van der Waals surface area contributed by atoms with Gasteiger partial charge in [-0.15, -0.1) is 0 Å². The minimum atomic E-state index is -0.965. The van der Waals surface area contributed by atoms with E-state index in [0.29, 0.717) is 16.7 Å². The molecule has 2 aromatic carbocycles. The summed E-state index contributed by atoms with van der Waals surface area (Å²) < 4.78 is 0. The lowest BCUT2D eigenvalue weighted by Gasteiger charge is -2.13. The first-order chi connectivity index (χ1) is 9.91. The molecule has 2 aromatic rings. The van der Waals surface area contributed by atoms with Crippen LogP contribution < -0.4 is 0 Å². The van der Waals surface area contributed by atoms with E-state index < -0.39 is 5.97 Å². The summed E-state index contributed by atoms with van der Waals surface area (Å²) in [4.78, 5) is 25.0. The van der Waals surface area contributed by atoms with E-state index in [4.69, 9.17) is 0 Å².